The molecule has 1 aromatic carbocycles. The van der Waals surface area contributed by atoms with E-state index in [1.807, 2.05) is 19.1 Å². The second kappa shape index (κ2) is 7.15. The maximum Gasteiger partial charge on any atom is 0.153 e. The van der Waals surface area contributed by atoms with Gasteiger partial charge in [-0.05, 0) is 56.3 Å². The van der Waals surface area contributed by atoms with Crippen LogP contribution >= 0.6 is 0 Å². The Balaban J connectivity index is 1.56. The number of nitrogens with zero attached hydrogens (tertiary/aromatic N) is 1. The summed E-state index contributed by atoms with van der Waals surface area (Å²) in [5.74, 6) is 1.98. The van der Waals surface area contributed by atoms with Crippen LogP contribution in [0.2, 0.25) is 0 Å². The second-order valence-electron chi connectivity index (χ2n) is 6.45. The molecule has 5 N–H and O–H groups in total. The van der Waals surface area contributed by atoms with Crippen molar-refractivity contribution in [3.63, 3.8) is 0 Å². The van der Waals surface area contributed by atoms with Crippen molar-refractivity contribution in [1.82, 2.24) is 5.32 Å². The summed E-state index contributed by atoms with van der Waals surface area (Å²) in [5.41, 5.74) is 15.1. The number of fused-ring (bicyclic) bond motifs is 1. The van der Waals surface area contributed by atoms with Crippen molar-refractivity contribution in [1.29, 1.82) is 0 Å². The Morgan fingerprint density at radius 2 is 2.22 bits per heavy atom. The molecule has 0 saturated heterocycles. The van der Waals surface area contributed by atoms with Crippen LogP contribution in [-0.2, 0) is 6.54 Å². The van der Waals surface area contributed by atoms with E-state index in [0.29, 0.717) is 11.8 Å². The third kappa shape index (κ3) is 3.92. The maximum atomic E-state index is 5.86. The molecule has 0 amide bonds. The zero-order valence-electron chi connectivity index (χ0n) is 13.7. The van der Waals surface area contributed by atoms with Crippen molar-refractivity contribution in [3.8, 4) is 5.75 Å². The minimum absolute atomic E-state index is 0.153. The van der Waals surface area contributed by atoms with Crippen molar-refractivity contribution in [2.24, 2.45) is 22.4 Å². The van der Waals surface area contributed by atoms with E-state index in [1.54, 1.807) is 0 Å². The standard InChI is InChI=1S/C18H26N4O/c1-12-18(20)22-16-8-15(5-6-17(16)23-12)11-21-10-14-4-2-3-13(7-14)9-19/h4-6,8,12-13,21H,2-3,7,9-11,19H2,1H3,(H2,20,22). The number of rotatable bonds is 5. The van der Waals surface area contributed by atoms with Gasteiger partial charge in [-0.3, -0.25) is 0 Å². The zero-order valence-corrected chi connectivity index (χ0v) is 13.7. The van der Waals surface area contributed by atoms with Crippen LogP contribution < -0.4 is 21.5 Å². The molecular formula is C18H26N4O. The minimum Gasteiger partial charge on any atom is -0.481 e. The summed E-state index contributed by atoms with van der Waals surface area (Å²) >= 11 is 0. The van der Waals surface area contributed by atoms with Crippen LogP contribution in [0.25, 0.3) is 0 Å². The molecule has 5 heteroatoms. The Morgan fingerprint density at radius 1 is 1.35 bits per heavy atom. The maximum absolute atomic E-state index is 5.86. The highest BCUT2D eigenvalue weighted by Crippen LogP contribution is 2.32. The van der Waals surface area contributed by atoms with Gasteiger partial charge in [0.25, 0.3) is 0 Å². The molecule has 0 saturated carbocycles. The van der Waals surface area contributed by atoms with Gasteiger partial charge in [-0.15, -0.1) is 0 Å². The monoisotopic (exact) mass is 314 g/mol. The minimum atomic E-state index is -0.153. The molecular weight excluding hydrogens is 288 g/mol. The fraction of sp³-hybridized carbons (Fsp3) is 0.500. The second-order valence-corrected chi connectivity index (χ2v) is 6.45. The first-order valence-corrected chi connectivity index (χ1v) is 8.38. The largest absolute Gasteiger partial charge is 0.481 e. The van der Waals surface area contributed by atoms with Gasteiger partial charge < -0.3 is 21.5 Å². The Hall–Kier alpha value is -1.85. The summed E-state index contributed by atoms with van der Waals surface area (Å²) in [5, 5.41) is 3.51. The van der Waals surface area contributed by atoms with Gasteiger partial charge in [-0.25, -0.2) is 4.99 Å². The number of benzene rings is 1. The van der Waals surface area contributed by atoms with Crippen LogP contribution in [0, 0.1) is 5.92 Å². The van der Waals surface area contributed by atoms with E-state index in [9.17, 15) is 0 Å². The number of hydrogen-bond donors (Lipinski definition) is 3. The lowest BCUT2D eigenvalue weighted by Gasteiger charge is -2.22. The molecule has 23 heavy (non-hydrogen) atoms. The van der Waals surface area contributed by atoms with Gasteiger partial charge in [0.15, 0.2) is 6.10 Å². The van der Waals surface area contributed by atoms with Crippen molar-refractivity contribution in [3.05, 3.63) is 35.4 Å². The van der Waals surface area contributed by atoms with E-state index in [-0.39, 0.29) is 6.10 Å². The molecule has 0 bridgehead atoms. The lowest BCUT2D eigenvalue weighted by Crippen LogP contribution is -2.33. The normalized spacial score (nSPS) is 23.6. The third-order valence-corrected chi connectivity index (χ3v) is 4.57. The SMILES string of the molecule is CC1Oc2ccc(CNCC3=CCCC(CN)C3)cc2N=C1N. The molecule has 3 rings (SSSR count). The quantitative estimate of drug-likeness (QED) is 0.728. The van der Waals surface area contributed by atoms with E-state index in [4.69, 9.17) is 16.2 Å². The summed E-state index contributed by atoms with van der Waals surface area (Å²) in [4.78, 5) is 4.42. The van der Waals surface area contributed by atoms with Crippen LogP contribution in [0.15, 0.2) is 34.8 Å². The first kappa shape index (κ1) is 16.0. The molecule has 1 aliphatic heterocycles. The first-order valence-electron chi connectivity index (χ1n) is 8.38. The van der Waals surface area contributed by atoms with Crippen LogP contribution in [0.3, 0.4) is 0 Å². The van der Waals surface area contributed by atoms with Crippen molar-refractivity contribution in [2.45, 2.75) is 38.8 Å². The number of amidine groups is 1. The van der Waals surface area contributed by atoms with Gasteiger partial charge in [0.05, 0.1) is 0 Å². The Morgan fingerprint density at radius 3 is 3.04 bits per heavy atom. The molecule has 2 aliphatic rings. The Bertz CT molecular complexity index is 623. The van der Waals surface area contributed by atoms with Gasteiger partial charge in [-0.2, -0.15) is 0 Å². The van der Waals surface area contributed by atoms with Crippen LogP contribution in [-0.4, -0.2) is 25.0 Å². The van der Waals surface area contributed by atoms with Crippen molar-refractivity contribution < 1.29 is 4.74 Å². The van der Waals surface area contributed by atoms with E-state index < -0.39 is 0 Å². The van der Waals surface area contributed by atoms with Crippen molar-refractivity contribution >= 4 is 11.5 Å². The van der Waals surface area contributed by atoms with Gasteiger partial charge >= 0.3 is 0 Å². The number of aliphatic imine (C=N–C) groups is 1. The molecule has 5 nitrogen and oxygen atoms in total. The van der Waals surface area contributed by atoms with Crippen LogP contribution in [0.1, 0.15) is 31.7 Å². The predicted molar refractivity (Wildman–Crippen MR) is 94.0 cm³/mol. The van der Waals surface area contributed by atoms with E-state index >= 15 is 0 Å². The number of hydrogen-bond acceptors (Lipinski definition) is 5. The lowest BCUT2D eigenvalue weighted by atomic mass is 9.89. The molecule has 1 aromatic rings. The summed E-state index contributed by atoms with van der Waals surface area (Å²) in [6, 6.07) is 6.09. The Kier molecular flexibility index (Phi) is 4.98. The lowest BCUT2D eigenvalue weighted by molar-refractivity contribution is 0.281. The van der Waals surface area contributed by atoms with Gasteiger partial charge in [0.1, 0.15) is 17.3 Å². The summed E-state index contributed by atoms with van der Waals surface area (Å²) in [7, 11) is 0. The summed E-state index contributed by atoms with van der Waals surface area (Å²) in [6.07, 6.45) is 5.70. The van der Waals surface area contributed by atoms with Crippen LogP contribution in [0.4, 0.5) is 5.69 Å². The highest BCUT2D eigenvalue weighted by atomic mass is 16.5. The number of allylic oxidation sites excluding steroid dienone is 1. The average molecular weight is 314 g/mol. The molecule has 0 aromatic heterocycles. The number of nitrogens with one attached hydrogen (secondary N) is 1. The highest BCUT2D eigenvalue weighted by molar-refractivity contribution is 5.89. The van der Waals surface area contributed by atoms with Gasteiger partial charge in [0.2, 0.25) is 0 Å². The molecule has 1 aliphatic carbocycles. The fourth-order valence-electron chi connectivity index (χ4n) is 3.13. The number of nitrogens with two attached hydrogens (primary N) is 2. The summed E-state index contributed by atoms with van der Waals surface area (Å²) < 4.78 is 5.73. The number of ether oxygens (including phenoxy) is 1. The zero-order chi connectivity index (χ0) is 16.2. The van der Waals surface area contributed by atoms with E-state index in [2.05, 4.69) is 22.5 Å². The Labute approximate surface area is 137 Å². The molecule has 2 unspecified atom stereocenters. The highest BCUT2D eigenvalue weighted by Gasteiger charge is 2.18. The molecule has 124 valence electrons. The molecule has 0 fully saturated rings. The fourth-order valence-corrected chi connectivity index (χ4v) is 3.13. The van der Waals surface area contributed by atoms with Gasteiger partial charge in [0, 0.05) is 13.1 Å². The third-order valence-electron chi connectivity index (χ3n) is 4.57. The van der Waals surface area contributed by atoms with Gasteiger partial charge in [-0.1, -0.05) is 17.7 Å². The topological polar surface area (TPSA) is 85.7 Å². The molecule has 0 spiro atoms. The average Bonchev–Trinajstić information content (AvgIpc) is 2.56. The summed E-state index contributed by atoms with van der Waals surface area (Å²) in [6.45, 7) is 4.43. The first-order chi connectivity index (χ1) is 11.2. The predicted octanol–water partition coefficient (Wildman–Crippen LogP) is 2.23. The van der Waals surface area contributed by atoms with Crippen LogP contribution in [0.5, 0.6) is 5.75 Å². The molecule has 0 radical (unpaired) electrons. The molecule has 1 heterocycles. The van der Waals surface area contributed by atoms with E-state index in [0.717, 1.165) is 43.9 Å². The van der Waals surface area contributed by atoms with Crippen molar-refractivity contribution in [2.75, 3.05) is 13.1 Å². The smallest absolute Gasteiger partial charge is 0.153 e. The van der Waals surface area contributed by atoms with E-state index in [1.165, 1.54) is 17.6 Å². The molecule has 2 atom stereocenters.